The lowest BCUT2D eigenvalue weighted by Crippen LogP contribution is -2.63. The Kier molecular flexibility index (Phi) is 4.08. The Morgan fingerprint density at radius 2 is 2.13 bits per heavy atom. The summed E-state index contributed by atoms with van der Waals surface area (Å²) >= 11 is 0. The number of unbranched alkanes of at least 4 members (excludes halogenated alkanes) is 1. The van der Waals surface area contributed by atoms with Crippen LogP contribution in [0.5, 0.6) is 0 Å². The van der Waals surface area contributed by atoms with Crippen LogP contribution in [0.4, 0.5) is 0 Å². The van der Waals surface area contributed by atoms with Gasteiger partial charge >= 0.3 is 0 Å². The molecule has 1 heterocycles. The summed E-state index contributed by atoms with van der Waals surface area (Å²) in [6.45, 7) is 2.79. The molecule has 0 atom stereocenters. The summed E-state index contributed by atoms with van der Waals surface area (Å²) in [4.78, 5) is 22.3. The Morgan fingerprint density at radius 1 is 1.47 bits per heavy atom. The van der Waals surface area contributed by atoms with Crippen molar-refractivity contribution in [3.05, 3.63) is 0 Å². The minimum Gasteiger partial charge on any atom is -0.376 e. The molecule has 0 bridgehead atoms. The highest BCUT2D eigenvalue weighted by Crippen LogP contribution is 2.21. The van der Waals surface area contributed by atoms with Gasteiger partial charge in [-0.05, 0) is 6.42 Å². The van der Waals surface area contributed by atoms with Crippen LogP contribution in [0.2, 0.25) is 0 Å². The van der Waals surface area contributed by atoms with Crippen molar-refractivity contribution >= 4 is 11.8 Å². The highest BCUT2D eigenvalue weighted by Gasteiger charge is 2.41. The zero-order valence-electron chi connectivity index (χ0n) is 9.04. The molecule has 86 valence electrons. The number of hydrogen-bond acceptors (Lipinski definition) is 3. The Balaban J connectivity index is 2.38. The molecule has 2 amide bonds. The molecule has 1 fully saturated rings. The van der Waals surface area contributed by atoms with Gasteiger partial charge in [0.2, 0.25) is 11.8 Å². The van der Waals surface area contributed by atoms with Gasteiger partial charge in [-0.1, -0.05) is 13.3 Å². The summed E-state index contributed by atoms with van der Waals surface area (Å²) in [6, 6.07) is 0. The summed E-state index contributed by atoms with van der Waals surface area (Å²) in [5.41, 5.74) is 4.59. The van der Waals surface area contributed by atoms with E-state index in [-0.39, 0.29) is 12.3 Å². The molecule has 3 N–H and O–H groups in total. The predicted octanol–water partition coefficient (Wildman–Crippen LogP) is -0.0628. The van der Waals surface area contributed by atoms with E-state index in [1.165, 1.54) is 0 Å². The van der Waals surface area contributed by atoms with Crippen LogP contribution in [-0.2, 0) is 14.3 Å². The van der Waals surface area contributed by atoms with Gasteiger partial charge in [0, 0.05) is 6.42 Å². The van der Waals surface area contributed by atoms with Crippen molar-refractivity contribution in [3.8, 4) is 0 Å². The maximum Gasteiger partial charge on any atom is 0.220 e. The number of carbonyl (C=O) groups excluding carboxylic acids is 2. The van der Waals surface area contributed by atoms with E-state index in [0.29, 0.717) is 19.6 Å². The van der Waals surface area contributed by atoms with Gasteiger partial charge in [0.05, 0.1) is 25.2 Å². The summed E-state index contributed by atoms with van der Waals surface area (Å²) in [5.74, 6) is -0.435. The topological polar surface area (TPSA) is 81.4 Å². The third-order valence-corrected chi connectivity index (χ3v) is 2.43. The minimum absolute atomic E-state index is 0.0265. The zero-order valence-corrected chi connectivity index (χ0v) is 9.04. The number of carbonyl (C=O) groups is 2. The van der Waals surface area contributed by atoms with Crippen LogP contribution in [0.1, 0.15) is 32.6 Å². The van der Waals surface area contributed by atoms with Crippen LogP contribution in [0.25, 0.3) is 0 Å². The molecule has 0 aliphatic carbocycles. The first-order valence-electron chi connectivity index (χ1n) is 5.25. The minimum atomic E-state index is -0.531. The number of amides is 2. The van der Waals surface area contributed by atoms with Crippen molar-refractivity contribution in [1.29, 1.82) is 0 Å². The molecular weight excluding hydrogens is 196 g/mol. The standard InChI is InChI=1S/C10H18N2O3/c1-2-3-4-9(14)12-10(5-8(11)13)6-15-7-10/h2-7H2,1H3,(H2,11,13)(H,12,14). The molecule has 0 aromatic carbocycles. The van der Waals surface area contributed by atoms with Crippen molar-refractivity contribution in [3.63, 3.8) is 0 Å². The number of rotatable bonds is 6. The zero-order chi connectivity index (χ0) is 11.3. The molecule has 1 saturated heterocycles. The summed E-state index contributed by atoms with van der Waals surface area (Å²) in [5, 5.41) is 2.83. The van der Waals surface area contributed by atoms with Crippen LogP contribution in [-0.4, -0.2) is 30.6 Å². The van der Waals surface area contributed by atoms with Gasteiger partial charge in [-0.15, -0.1) is 0 Å². The van der Waals surface area contributed by atoms with Crippen LogP contribution < -0.4 is 11.1 Å². The van der Waals surface area contributed by atoms with Crippen molar-refractivity contribution in [2.45, 2.75) is 38.1 Å². The van der Waals surface area contributed by atoms with E-state index in [1.54, 1.807) is 0 Å². The van der Waals surface area contributed by atoms with Crippen LogP contribution in [0, 0.1) is 0 Å². The largest absolute Gasteiger partial charge is 0.376 e. The maximum atomic E-state index is 11.5. The van der Waals surface area contributed by atoms with Gasteiger partial charge in [-0.25, -0.2) is 0 Å². The second-order valence-corrected chi connectivity index (χ2v) is 4.07. The Labute approximate surface area is 89.3 Å². The van der Waals surface area contributed by atoms with Crippen molar-refractivity contribution < 1.29 is 14.3 Å². The number of primary amides is 1. The molecule has 0 radical (unpaired) electrons. The Hall–Kier alpha value is -1.10. The lowest BCUT2D eigenvalue weighted by Gasteiger charge is -2.41. The molecule has 1 aliphatic rings. The summed E-state index contributed by atoms with van der Waals surface area (Å²) < 4.78 is 5.02. The second kappa shape index (κ2) is 5.11. The van der Waals surface area contributed by atoms with Gasteiger partial charge < -0.3 is 15.8 Å². The first-order valence-corrected chi connectivity index (χ1v) is 5.25. The first-order chi connectivity index (χ1) is 7.08. The number of nitrogens with one attached hydrogen (secondary N) is 1. The fourth-order valence-corrected chi connectivity index (χ4v) is 1.60. The van der Waals surface area contributed by atoms with Gasteiger partial charge in [0.1, 0.15) is 0 Å². The van der Waals surface area contributed by atoms with E-state index in [4.69, 9.17) is 10.5 Å². The second-order valence-electron chi connectivity index (χ2n) is 4.07. The van der Waals surface area contributed by atoms with Crippen molar-refractivity contribution in [2.75, 3.05) is 13.2 Å². The monoisotopic (exact) mass is 214 g/mol. The number of hydrogen-bond donors (Lipinski definition) is 2. The average molecular weight is 214 g/mol. The predicted molar refractivity (Wildman–Crippen MR) is 55.0 cm³/mol. The summed E-state index contributed by atoms with van der Waals surface area (Å²) in [6.07, 6.45) is 2.49. The van der Waals surface area contributed by atoms with E-state index >= 15 is 0 Å². The van der Waals surface area contributed by atoms with E-state index in [2.05, 4.69) is 5.32 Å². The molecule has 0 saturated carbocycles. The first kappa shape index (κ1) is 12.0. The molecule has 1 aliphatic heterocycles. The lowest BCUT2D eigenvalue weighted by molar-refractivity contribution is -0.138. The molecule has 5 nitrogen and oxygen atoms in total. The third-order valence-electron chi connectivity index (χ3n) is 2.43. The van der Waals surface area contributed by atoms with E-state index < -0.39 is 11.4 Å². The Bertz CT molecular complexity index is 249. The smallest absolute Gasteiger partial charge is 0.220 e. The Morgan fingerprint density at radius 3 is 2.53 bits per heavy atom. The molecule has 0 spiro atoms. The molecular formula is C10H18N2O3. The average Bonchev–Trinajstić information content (AvgIpc) is 2.10. The highest BCUT2D eigenvalue weighted by atomic mass is 16.5. The fraction of sp³-hybridized carbons (Fsp3) is 0.800. The van der Waals surface area contributed by atoms with Gasteiger partial charge in [-0.2, -0.15) is 0 Å². The maximum absolute atomic E-state index is 11.5. The lowest BCUT2D eigenvalue weighted by atomic mass is 9.92. The molecule has 1 rings (SSSR count). The van der Waals surface area contributed by atoms with Crippen molar-refractivity contribution in [1.82, 2.24) is 5.32 Å². The quantitative estimate of drug-likeness (QED) is 0.649. The molecule has 0 unspecified atom stereocenters. The molecule has 15 heavy (non-hydrogen) atoms. The van der Waals surface area contributed by atoms with Gasteiger partial charge in [-0.3, -0.25) is 9.59 Å². The molecule has 0 aromatic heterocycles. The number of nitrogens with two attached hydrogens (primary N) is 1. The highest BCUT2D eigenvalue weighted by molar-refractivity contribution is 5.80. The SMILES string of the molecule is CCCCC(=O)NC1(CC(N)=O)COC1. The van der Waals surface area contributed by atoms with E-state index in [1.807, 2.05) is 6.92 Å². The molecule has 5 heteroatoms. The van der Waals surface area contributed by atoms with Crippen LogP contribution in [0.3, 0.4) is 0 Å². The normalized spacial score (nSPS) is 17.9. The number of ether oxygens (including phenoxy) is 1. The van der Waals surface area contributed by atoms with Crippen molar-refractivity contribution in [2.24, 2.45) is 5.73 Å². The van der Waals surface area contributed by atoms with E-state index in [0.717, 1.165) is 12.8 Å². The summed E-state index contributed by atoms with van der Waals surface area (Å²) in [7, 11) is 0. The van der Waals surface area contributed by atoms with E-state index in [9.17, 15) is 9.59 Å². The molecule has 0 aromatic rings. The van der Waals surface area contributed by atoms with Crippen LogP contribution in [0.15, 0.2) is 0 Å². The van der Waals surface area contributed by atoms with Gasteiger partial charge in [0.15, 0.2) is 0 Å². The fourth-order valence-electron chi connectivity index (χ4n) is 1.60. The van der Waals surface area contributed by atoms with Gasteiger partial charge in [0.25, 0.3) is 0 Å². The van der Waals surface area contributed by atoms with Crippen LogP contribution >= 0.6 is 0 Å². The third kappa shape index (κ3) is 3.51.